The maximum atomic E-state index is 13.8. The van der Waals surface area contributed by atoms with Gasteiger partial charge in [0.25, 0.3) is 0 Å². The molecule has 10 heteroatoms. The molecule has 0 aliphatic heterocycles. The number of carbonyl (C=O) groups is 1. The average molecular weight is 494 g/mol. The number of aliphatic carboxylic acids is 1. The van der Waals surface area contributed by atoms with Crippen molar-refractivity contribution in [1.82, 2.24) is 4.72 Å². The van der Waals surface area contributed by atoms with E-state index < -0.39 is 38.7 Å². The minimum Gasteiger partial charge on any atom is -0.478 e. The summed E-state index contributed by atoms with van der Waals surface area (Å²) in [6, 6.07) is 9.51. The molecule has 0 radical (unpaired) electrons. The van der Waals surface area contributed by atoms with Crippen LogP contribution in [-0.2, 0) is 33.8 Å². The molecule has 1 aromatic heterocycles. The van der Waals surface area contributed by atoms with E-state index in [2.05, 4.69) is 4.72 Å². The number of fused-ring (bicyclic) bond motifs is 1. The summed E-state index contributed by atoms with van der Waals surface area (Å²) < 4.78 is 69.6. The molecule has 1 atom stereocenters. The topological polar surface area (TPSA) is 83.5 Å². The Bertz CT molecular complexity index is 1330. The summed E-state index contributed by atoms with van der Waals surface area (Å²) in [5, 5.41) is 12.2. The monoisotopic (exact) mass is 493 g/mol. The van der Waals surface area contributed by atoms with Crippen molar-refractivity contribution in [1.29, 1.82) is 0 Å². The molecule has 1 aliphatic rings. The van der Waals surface area contributed by atoms with Crippen molar-refractivity contribution >= 4 is 33.4 Å². The van der Waals surface area contributed by atoms with Gasteiger partial charge in [-0.05, 0) is 75.7 Å². The first-order chi connectivity index (χ1) is 15.5. The smallest absolute Gasteiger partial charge is 0.417 e. The third-order valence-corrected chi connectivity index (χ3v) is 7.59. The number of benzene rings is 2. The summed E-state index contributed by atoms with van der Waals surface area (Å²) in [5.74, 6) is -1.09. The standard InChI is InChI=1S/C23H18F3NO4S2/c24-23(25,26)20-12-16(17-7-8-32-13-17)4-5-21(20)33(30,31)27-19-10-15-3-1-14(2-6-22(28)29)9-18(15)11-19/h1-9,12-13,19,27H,10-11H2,(H,28,29)/b6-2+. The van der Waals surface area contributed by atoms with Gasteiger partial charge in [0.15, 0.2) is 0 Å². The number of carboxylic acid groups (broad SMARTS) is 1. The molecule has 0 fully saturated rings. The summed E-state index contributed by atoms with van der Waals surface area (Å²) >= 11 is 1.33. The minimum absolute atomic E-state index is 0.289. The summed E-state index contributed by atoms with van der Waals surface area (Å²) in [6.45, 7) is 0. The number of rotatable bonds is 6. The molecule has 4 rings (SSSR count). The predicted molar refractivity (Wildman–Crippen MR) is 119 cm³/mol. The maximum absolute atomic E-state index is 13.8. The van der Waals surface area contributed by atoms with Crippen molar-refractivity contribution in [3.05, 3.63) is 81.6 Å². The van der Waals surface area contributed by atoms with Crippen molar-refractivity contribution in [2.24, 2.45) is 0 Å². The van der Waals surface area contributed by atoms with Crippen LogP contribution in [0.5, 0.6) is 0 Å². The van der Waals surface area contributed by atoms with E-state index in [1.165, 1.54) is 23.5 Å². The van der Waals surface area contributed by atoms with Gasteiger partial charge in [-0.15, -0.1) is 0 Å². The van der Waals surface area contributed by atoms with E-state index >= 15 is 0 Å². The van der Waals surface area contributed by atoms with Crippen molar-refractivity contribution < 1.29 is 31.5 Å². The highest BCUT2D eigenvalue weighted by molar-refractivity contribution is 7.89. The van der Waals surface area contributed by atoms with Gasteiger partial charge in [0.2, 0.25) is 10.0 Å². The molecule has 0 saturated heterocycles. The lowest BCUT2D eigenvalue weighted by Gasteiger charge is -2.18. The van der Waals surface area contributed by atoms with E-state index in [1.807, 2.05) is 0 Å². The number of hydrogen-bond donors (Lipinski definition) is 2. The van der Waals surface area contributed by atoms with Gasteiger partial charge < -0.3 is 5.11 Å². The second-order valence-electron chi connectivity index (χ2n) is 7.65. The Morgan fingerprint density at radius 1 is 1.06 bits per heavy atom. The zero-order valence-corrected chi connectivity index (χ0v) is 18.6. The lowest BCUT2D eigenvalue weighted by molar-refractivity contribution is -0.139. The largest absolute Gasteiger partial charge is 0.478 e. The Morgan fingerprint density at radius 2 is 1.82 bits per heavy atom. The summed E-state index contributed by atoms with van der Waals surface area (Å²) in [7, 11) is -4.45. The fourth-order valence-corrected chi connectivity index (χ4v) is 5.98. The SMILES string of the molecule is O=C(O)/C=C/c1ccc2c(c1)CC(NS(=O)(=O)c1ccc(-c3ccsc3)cc1C(F)(F)F)C2. The Labute approximate surface area is 192 Å². The quantitative estimate of drug-likeness (QED) is 0.475. The Morgan fingerprint density at radius 3 is 2.48 bits per heavy atom. The molecule has 0 saturated carbocycles. The molecule has 5 nitrogen and oxygen atoms in total. The van der Waals surface area contributed by atoms with Gasteiger partial charge in [-0.25, -0.2) is 17.9 Å². The van der Waals surface area contributed by atoms with E-state index in [9.17, 15) is 26.4 Å². The molecular formula is C23H18F3NO4S2. The van der Waals surface area contributed by atoms with E-state index in [0.717, 1.165) is 29.3 Å². The predicted octanol–water partition coefficient (Wildman–Crippen LogP) is 4.98. The zero-order valence-electron chi connectivity index (χ0n) is 17.0. The Hall–Kier alpha value is -2.95. The molecule has 0 spiro atoms. The highest BCUT2D eigenvalue weighted by Crippen LogP contribution is 2.37. The van der Waals surface area contributed by atoms with Gasteiger partial charge in [-0.2, -0.15) is 24.5 Å². The molecule has 0 amide bonds. The lowest BCUT2D eigenvalue weighted by atomic mass is 10.1. The second-order valence-corrected chi connectivity index (χ2v) is 10.1. The van der Waals surface area contributed by atoms with Gasteiger partial charge >= 0.3 is 12.1 Å². The number of hydrogen-bond acceptors (Lipinski definition) is 4. The van der Waals surface area contributed by atoms with Crippen molar-refractivity contribution in [3.63, 3.8) is 0 Å². The lowest BCUT2D eigenvalue weighted by Crippen LogP contribution is -2.36. The van der Waals surface area contributed by atoms with Crippen LogP contribution in [0.15, 0.2) is 64.2 Å². The van der Waals surface area contributed by atoms with E-state index in [0.29, 0.717) is 17.5 Å². The number of thiophene rings is 1. The molecule has 0 bridgehead atoms. The molecule has 3 aromatic rings. The summed E-state index contributed by atoms with van der Waals surface area (Å²) in [5.41, 5.74) is 1.98. The highest BCUT2D eigenvalue weighted by Gasteiger charge is 2.38. The number of alkyl halides is 3. The van der Waals surface area contributed by atoms with Crippen LogP contribution in [0, 0.1) is 0 Å². The summed E-state index contributed by atoms with van der Waals surface area (Å²) in [4.78, 5) is 9.88. The summed E-state index contributed by atoms with van der Waals surface area (Å²) in [6.07, 6.45) is -1.82. The van der Waals surface area contributed by atoms with E-state index in [1.54, 1.807) is 35.0 Å². The molecule has 2 N–H and O–H groups in total. The molecular weight excluding hydrogens is 475 g/mol. The van der Waals surface area contributed by atoms with Gasteiger partial charge in [0.05, 0.1) is 10.5 Å². The van der Waals surface area contributed by atoms with Crippen molar-refractivity contribution in [2.75, 3.05) is 0 Å². The Balaban J connectivity index is 1.59. The van der Waals surface area contributed by atoms with E-state index in [-0.39, 0.29) is 12.0 Å². The molecule has 2 aromatic carbocycles. The van der Waals surface area contributed by atoms with Crippen LogP contribution in [0.2, 0.25) is 0 Å². The number of halogens is 3. The first-order valence-electron chi connectivity index (χ1n) is 9.82. The van der Waals surface area contributed by atoms with Crippen LogP contribution < -0.4 is 4.72 Å². The molecule has 1 heterocycles. The molecule has 1 aliphatic carbocycles. The van der Waals surface area contributed by atoms with Crippen LogP contribution >= 0.6 is 11.3 Å². The second kappa shape index (κ2) is 8.77. The van der Waals surface area contributed by atoms with Crippen LogP contribution in [0.4, 0.5) is 13.2 Å². The van der Waals surface area contributed by atoms with Gasteiger partial charge in [0, 0.05) is 12.1 Å². The minimum atomic E-state index is -4.85. The van der Waals surface area contributed by atoms with Crippen molar-refractivity contribution in [3.8, 4) is 11.1 Å². The van der Waals surface area contributed by atoms with Crippen molar-refractivity contribution in [2.45, 2.75) is 30.0 Å². The number of sulfonamides is 1. The fourth-order valence-electron chi connectivity index (χ4n) is 3.87. The van der Waals surface area contributed by atoms with Gasteiger partial charge in [-0.1, -0.05) is 24.3 Å². The average Bonchev–Trinajstić information content (AvgIpc) is 3.40. The van der Waals surface area contributed by atoms with Crippen LogP contribution in [-0.4, -0.2) is 25.5 Å². The number of carboxylic acids is 1. The number of nitrogens with one attached hydrogen (secondary N) is 1. The highest BCUT2D eigenvalue weighted by atomic mass is 32.2. The first-order valence-corrected chi connectivity index (χ1v) is 12.2. The third-order valence-electron chi connectivity index (χ3n) is 5.33. The van der Waals surface area contributed by atoms with Gasteiger partial charge in [0.1, 0.15) is 0 Å². The fraction of sp³-hybridized carbons (Fsp3) is 0.174. The van der Waals surface area contributed by atoms with Crippen LogP contribution in [0.1, 0.15) is 22.3 Å². The normalized spacial score (nSPS) is 16.3. The maximum Gasteiger partial charge on any atom is 0.417 e. The third kappa shape index (κ3) is 5.18. The molecule has 1 unspecified atom stereocenters. The van der Waals surface area contributed by atoms with Gasteiger partial charge in [-0.3, -0.25) is 0 Å². The van der Waals surface area contributed by atoms with Crippen LogP contribution in [0.3, 0.4) is 0 Å². The zero-order chi connectivity index (χ0) is 23.8. The first kappa shape index (κ1) is 23.2. The van der Waals surface area contributed by atoms with Crippen LogP contribution in [0.25, 0.3) is 17.2 Å². The Kier molecular flexibility index (Phi) is 6.17. The molecule has 172 valence electrons. The molecule has 33 heavy (non-hydrogen) atoms. The van der Waals surface area contributed by atoms with E-state index in [4.69, 9.17) is 5.11 Å².